The van der Waals surface area contributed by atoms with Crippen molar-refractivity contribution in [2.24, 2.45) is 0 Å². The number of amides is 1. The number of likely N-dealkylation sites (tertiary alicyclic amines) is 1. The summed E-state index contributed by atoms with van der Waals surface area (Å²) in [6.07, 6.45) is -8.47. The van der Waals surface area contributed by atoms with E-state index in [1.807, 2.05) is 35.2 Å². The Hall–Kier alpha value is -2.59. The van der Waals surface area contributed by atoms with Gasteiger partial charge in [-0.3, -0.25) is 9.69 Å². The molecule has 1 saturated heterocycles. The normalized spacial score (nSPS) is 20.2. The molecule has 1 heterocycles. The van der Waals surface area contributed by atoms with Crippen molar-refractivity contribution in [1.82, 2.24) is 10.2 Å². The van der Waals surface area contributed by atoms with Crippen LogP contribution in [0.15, 0.2) is 48.5 Å². The van der Waals surface area contributed by atoms with Crippen molar-refractivity contribution in [3.05, 3.63) is 70.8 Å². The number of rotatable bonds is 7. The van der Waals surface area contributed by atoms with E-state index in [1.54, 1.807) is 0 Å². The summed E-state index contributed by atoms with van der Waals surface area (Å²) in [5.74, 6) is 0. The average molecular weight is 460 g/mol. The molecule has 0 radical (unpaired) electrons. The molecule has 0 aromatic heterocycles. The van der Waals surface area contributed by atoms with Gasteiger partial charge in [-0.05, 0) is 42.2 Å². The summed E-state index contributed by atoms with van der Waals surface area (Å²) in [7, 11) is 0. The number of carbonyl (C=O) groups excluding carboxylic acids is 1. The molecule has 1 amide bonds. The van der Waals surface area contributed by atoms with E-state index in [-0.39, 0.29) is 24.3 Å². The first kappa shape index (κ1) is 24.1. The van der Waals surface area contributed by atoms with Crippen LogP contribution in [0.4, 0.5) is 26.3 Å². The third-order valence-corrected chi connectivity index (χ3v) is 5.31. The van der Waals surface area contributed by atoms with Crippen LogP contribution in [-0.4, -0.2) is 30.6 Å². The molecule has 32 heavy (non-hydrogen) atoms. The summed E-state index contributed by atoms with van der Waals surface area (Å²) in [5, 5.41) is 2.60. The molecule has 0 spiro atoms. The smallest absolute Gasteiger partial charge is 0.372 e. The molecule has 10 heteroatoms. The molecule has 2 aromatic rings. The van der Waals surface area contributed by atoms with E-state index in [9.17, 15) is 31.1 Å². The van der Waals surface area contributed by atoms with Gasteiger partial charge in [-0.25, -0.2) is 0 Å². The maximum Gasteiger partial charge on any atom is 0.416 e. The molecule has 2 unspecified atom stereocenters. The lowest BCUT2D eigenvalue weighted by Gasteiger charge is -2.41. The quantitative estimate of drug-likeness (QED) is 0.459. The molecular weight excluding hydrogens is 438 g/mol. The fourth-order valence-corrected chi connectivity index (χ4v) is 3.92. The third kappa shape index (κ3) is 6.01. The van der Waals surface area contributed by atoms with Gasteiger partial charge in [0.2, 0.25) is 6.41 Å². The summed E-state index contributed by atoms with van der Waals surface area (Å²) in [5.41, 5.74) is -2.07. The Morgan fingerprint density at radius 1 is 1.00 bits per heavy atom. The van der Waals surface area contributed by atoms with Crippen LogP contribution in [0.3, 0.4) is 0 Å². The van der Waals surface area contributed by atoms with Gasteiger partial charge in [0, 0.05) is 6.54 Å². The molecule has 3 rings (SSSR count). The molecule has 1 aliphatic rings. The largest absolute Gasteiger partial charge is 0.416 e. The standard InChI is InChI=1S/C22H22F6N2O2/c23-21(24,25)17-9-15(10-18(11-17)22(26,27)28)12-32-19-7-4-8-30(13-29-14-31)20(19)16-5-2-1-3-6-16/h1-3,5-6,9-11,14,19-20H,4,7-8,12-13H2,(H,29,31). The topological polar surface area (TPSA) is 41.6 Å². The average Bonchev–Trinajstić information content (AvgIpc) is 2.75. The van der Waals surface area contributed by atoms with E-state index in [2.05, 4.69) is 5.32 Å². The van der Waals surface area contributed by atoms with Crippen LogP contribution >= 0.6 is 0 Å². The van der Waals surface area contributed by atoms with Crippen LogP contribution in [-0.2, 0) is 28.5 Å². The van der Waals surface area contributed by atoms with E-state index in [0.29, 0.717) is 37.9 Å². The van der Waals surface area contributed by atoms with Gasteiger partial charge >= 0.3 is 12.4 Å². The first-order chi connectivity index (χ1) is 15.1. The van der Waals surface area contributed by atoms with Crippen LogP contribution in [0.25, 0.3) is 0 Å². The van der Waals surface area contributed by atoms with Crippen molar-refractivity contribution < 1.29 is 35.9 Å². The van der Waals surface area contributed by atoms with Gasteiger partial charge < -0.3 is 10.1 Å². The highest BCUT2D eigenvalue weighted by Gasteiger charge is 2.37. The summed E-state index contributed by atoms with van der Waals surface area (Å²) in [6, 6.07) is 10.4. The predicted octanol–water partition coefficient (Wildman–Crippen LogP) is 5.15. The van der Waals surface area contributed by atoms with E-state index < -0.39 is 36.2 Å². The van der Waals surface area contributed by atoms with E-state index in [1.165, 1.54) is 0 Å². The van der Waals surface area contributed by atoms with Crippen LogP contribution in [0, 0.1) is 0 Å². The van der Waals surface area contributed by atoms with Crippen molar-refractivity contribution in [2.45, 2.75) is 43.9 Å². The lowest BCUT2D eigenvalue weighted by atomic mass is 9.92. The fourth-order valence-electron chi connectivity index (χ4n) is 3.92. The van der Waals surface area contributed by atoms with Crippen LogP contribution in [0.5, 0.6) is 0 Å². The van der Waals surface area contributed by atoms with Gasteiger partial charge in [0.15, 0.2) is 0 Å². The minimum absolute atomic E-state index is 0.101. The summed E-state index contributed by atoms with van der Waals surface area (Å²) < 4.78 is 84.7. The Labute approximate surface area is 181 Å². The molecule has 1 aliphatic heterocycles. The highest BCUT2D eigenvalue weighted by molar-refractivity contribution is 5.45. The van der Waals surface area contributed by atoms with Gasteiger partial charge in [-0.2, -0.15) is 26.3 Å². The van der Waals surface area contributed by atoms with Gasteiger partial charge in [0.05, 0.1) is 36.5 Å². The number of nitrogens with zero attached hydrogens (tertiary/aromatic N) is 1. The van der Waals surface area contributed by atoms with Crippen molar-refractivity contribution >= 4 is 6.41 Å². The minimum atomic E-state index is -4.91. The summed E-state index contributed by atoms with van der Waals surface area (Å²) in [6.45, 7) is 0.489. The van der Waals surface area contributed by atoms with Crippen LogP contribution < -0.4 is 5.32 Å². The number of nitrogens with one attached hydrogen (secondary N) is 1. The van der Waals surface area contributed by atoms with Gasteiger partial charge in [-0.15, -0.1) is 0 Å². The fraction of sp³-hybridized carbons (Fsp3) is 0.409. The van der Waals surface area contributed by atoms with E-state index in [4.69, 9.17) is 4.74 Å². The number of alkyl halides is 6. The van der Waals surface area contributed by atoms with Crippen molar-refractivity contribution in [1.29, 1.82) is 0 Å². The molecule has 1 fully saturated rings. The number of halogens is 6. The molecule has 0 bridgehead atoms. The monoisotopic (exact) mass is 460 g/mol. The second-order valence-electron chi connectivity index (χ2n) is 7.55. The molecule has 0 aliphatic carbocycles. The highest BCUT2D eigenvalue weighted by Crippen LogP contribution is 2.37. The number of ether oxygens (including phenoxy) is 1. The van der Waals surface area contributed by atoms with E-state index in [0.717, 1.165) is 5.56 Å². The van der Waals surface area contributed by atoms with Crippen LogP contribution in [0.2, 0.25) is 0 Å². The molecule has 2 aromatic carbocycles. The molecule has 4 nitrogen and oxygen atoms in total. The summed E-state index contributed by atoms with van der Waals surface area (Å²) >= 11 is 0. The third-order valence-electron chi connectivity index (χ3n) is 5.31. The summed E-state index contributed by atoms with van der Waals surface area (Å²) in [4.78, 5) is 12.7. The molecular formula is C22H22F6N2O2. The van der Waals surface area contributed by atoms with Crippen LogP contribution in [0.1, 0.15) is 41.1 Å². The first-order valence-electron chi connectivity index (χ1n) is 9.95. The van der Waals surface area contributed by atoms with Gasteiger partial charge in [0.25, 0.3) is 0 Å². The molecule has 2 atom stereocenters. The SMILES string of the molecule is O=CNCN1CCCC(OCc2cc(C(F)(F)F)cc(C(F)(F)F)c2)C1c1ccccc1. The molecule has 1 N–H and O–H groups in total. The maximum atomic E-state index is 13.1. The highest BCUT2D eigenvalue weighted by atomic mass is 19.4. The lowest BCUT2D eigenvalue weighted by molar-refractivity contribution is -0.143. The number of hydrogen-bond acceptors (Lipinski definition) is 3. The second kappa shape index (κ2) is 9.91. The Morgan fingerprint density at radius 3 is 2.19 bits per heavy atom. The predicted molar refractivity (Wildman–Crippen MR) is 104 cm³/mol. The number of hydrogen-bond donors (Lipinski definition) is 1. The lowest BCUT2D eigenvalue weighted by Crippen LogP contribution is -2.46. The van der Waals surface area contributed by atoms with Gasteiger partial charge in [-0.1, -0.05) is 30.3 Å². The number of piperidine rings is 1. The zero-order valence-corrected chi connectivity index (χ0v) is 16.9. The van der Waals surface area contributed by atoms with Crippen molar-refractivity contribution in [3.8, 4) is 0 Å². The maximum absolute atomic E-state index is 13.1. The second-order valence-corrected chi connectivity index (χ2v) is 7.55. The Bertz CT molecular complexity index is 869. The molecule has 0 saturated carbocycles. The van der Waals surface area contributed by atoms with Gasteiger partial charge in [0.1, 0.15) is 0 Å². The molecule has 174 valence electrons. The van der Waals surface area contributed by atoms with E-state index >= 15 is 0 Å². The zero-order valence-electron chi connectivity index (χ0n) is 16.9. The Morgan fingerprint density at radius 2 is 1.62 bits per heavy atom. The van der Waals surface area contributed by atoms with Crippen molar-refractivity contribution in [3.63, 3.8) is 0 Å². The van der Waals surface area contributed by atoms with Crippen molar-refractivity contribution in [2.75, 3.05) is 13.2 Å². The minimum Gasteiger partial charge on any atom is -0.372 e. The number of carbonyl (C=O) groups is 1. The first-order valence-corrected chi connectivity index (χ1v) is 9.95. The zero-order chi connectivity index (χ0) is 23.4. The Balaban J connectivity index is 1.86. The Kier molecular flexibility index (Phi) is 7.45. The number of benzene rings is 2.